The third kappa shape index (κ3) is 2.11. The van der Waals surface area contributed by atoms with Crippen molar-refractivity contribution in [1.82, 2.24) is 9.55 Å². The Morgan fingerprint density at radius 3 is 2.95 bits per heavy atom. The third-order valence-corrected chi connectivity index (χ3v) is 4.74. The van der Waals surface area contributed by atoms with E-state index in [2.05, 4.69) is 20.9 Å². The monoisotopic (exact) mass is 368 g/mol. The maximum absolute atomic E-state index is 12.5. The van der Waals surface area contributed by atoms with Gasteiger partial charge in [-0.25, -0.2) is 0 Å². The zero-order chi connectivity index (χ0) is 14.3. The first kappa shape index (κ1) is 13.5. The molecule has 2 heterocycles. The molecule has 0 unspecified atom stereocenters. The van der Waals surface area contributed by atoms with Crippen LogP contribution in [0.5, 0.6) is 5.75 Å². The molecule has 0 aliphatic carbocycles. The quantitative estimate of drug-likeness (QED) is 0.698. The normalized spacial score (nSPS) is 10.9. The van der Waals surface area contributed by atoms with E-state index in [-0.39, 0.29) is 5.56 Å². The van der Waals surface area contributed by atoms with Crippen molar-refractivity contribution in [2.24, 2.45) is 0 Å². The number of methoxy groups -OCH3 is 1. The van der Waals surface area contributed by atoms with E-state index in [1.54, 1.807) is 13.2 Å². The summed E-state index contributed by atoms with van der Waals surface area (Å²) in [6.07, 6.45) is 0. The summed E-state index contributed by atoms with van der Waals surface area (Å²) in [7, 11) is 1.58. The predicted molar refractivity (Wildman–Crippen MR) is 86.9 cm³/mol. The molecule has 2 aromatic heterocycles. The van der Waals surface area contributed by atoms with Crippen LogP contribution in [0.4, 0.5) is 0 Å². The first-order valence-corrected chi connectivity index (χ1v) is 7.76. The van der Waals surface area contributed by atoms with Gasteiger partial charge in [-0.15, -0.1) is 11.3 Å². The maximum atomic E-state index is 12.5. The van der Waals surface area contributed by atoms with E-state index in [0.29, 0.717) is 20.9 Å². The molecular formula is C13H9BrN2O2S2. The lowest BCUT2D eigenvalue weighted by Crippen LogP contribution is -2.19. The number of aromatic nitrogens is 2. The summed E-state index contributed by atoms with van der Waals surface area (Å²) >= 11 is 10.1. The number of hydrogen-bond donors (Lipinski definition) is 1. The fourth-order valence-electron chi connectivity index (χ4n) is 1.96. The molecule has 0 spiro atoms. The zero-order valence-electron chi connectivity index (χ0n) is 10.3. The van der Waals surface area contributed by atoms with Crippen LogP contribution in [0.2, 0.25) is 0 Å². The number of rotatable bonds is 2. The van der Waals surface area contributed by atoms with Crippen LogP contribution >= 0.6 is 39.5 Å². The molecule has 0 aliphatic rings. The van der Waals surface area contributed by atoms with E-state index in [1.807, 2.05) is 23.6 Å². The number of nitrogens with one attached hydrogen (secondary N) is 1. The largest absolute Gasteiger partial charge is 0.495 e. The molecular weight excluding hydrogens is 360 g/mol. The van der Waals surface area contributed by atoms with E-state index in [1.165, 1.54) is 15.9 Å². The second-order valence-corrected chi connectivity index (χ2v) is 6.21. The Hall–Kier alpha value is -1.44. The summed E-state index contributed by atoms with van der Waals surface area (Å²) in [6.45, 7) is 0. The minimum atomic E-state index is -0.122. The maximum Gasteiger partial charge on any atom is 0.276 e. The van der Waals surface area contributed by atoms with Gasteiger partial charge < -0.3 is 9.72 Å². The van der Waals surface area contributed by atoms with E-state index in [4.69, 9.17) is 17.0 Å². The van der Waals surface area contributed by atoms with Gasteiger partial charge in [0.25, 0.3) is 5.56 Å². The number of benzene rings is 1. The molecule has 0 aliphatic heterocycles. The number of thiophene rings is 1. The van der Waals surface area contributed by atoms with Crippen molar-refractivity contribution in [3.63, 3.8) is 0 Å². The highest BCUT2D eigenvalue weighted by Crippen LogP contribution is 2.27. The molecule has 4 nitrogen and oxygen atoms in total. The van der Waals surface area contributed by atoms with E-state index < -0.39 is 0 Å². The van der Waals surface area contributed by atoms with Gasteiger partial charge in [0.15, 0.2) is 4.77 Å². The second kappa shape index (κ2) is 5.16. The van der Waals surface area contributed by atoms with Gasteiger partial charge in [0.05, 0.1) is 22.8 Å². The molecule has 0 bridgehead atoms. The van der Waals surface area contributed by atoms with Crippen LogP contribution in [0.3, 0.4) is 0 Å². The van der Waals surface area contributed by atoms with Crippen molar-refractivity contribution in [3.05, 3.63) is 49.2 Å². The molecule has 0 fully saturated rings. The molecule has 3 aromatic rings. The molecule has 3 rings (SSSR count). The Morgan fingerprint density at radius 1 is 1.40 bits per heavy atom. The van der Waals surface area contributed by atoms with Crippen LogP contribution in [-0.4, -0.2) is 16.7 Å². The van der Waals surface area contributed by atoms with Crippen LogP contribution in [0.1, 0.15) is 0 Å². The number of nitrogens with zero attached hydrogens (tertiary/aromatic N) is 1. The average Bonchev–Trinajstić information content (AvgIpc) is 2.89. The minimum Gasteiger partial charge on any atom is -0.495 e. The zero-order valence-corrected chi connectivity index (χ0v) is 13.6. The third-order valence-electron chi connectivity index (χ3n) is 2.90. The Balaban J connectivity index is 2.34. The lowest BCUT2D eigenvalue weighted by Gasteiger charge is -2.09. The smallest absolute Gasteiger partial charge is 0.276 e. The summed E-state index contributed by atoms with van der Waals surface area (Å²) < 4.78 is 8.57. The SMILES string of the molecule is COc1cc(-n2c(=S)[nH]c3ccsc3c2=O)ccc1Br. The highest BCUT2D eigenvalue weighted by atomic mass is 79.9. The summed E-state index contributed by atoms with van der Waals surface area (Å²) in [5, 5.41) is 1.86. The number of aromatic amines is 1. The number of halogens is 1. The number of ether oxygens (including phenoxy) is 1. The molecule has 0 saturated heterocycles. The van der Waals surface area contributed by atoms with Gasteiger partial charge in [-0.2, -0.15) is 0 Å². The Kier molecular flexibility index (Phi) is 3.49. The molecule has 20 heavy (non-hydrogen) atoms. The van der Waals surface area contributed by atoms with Gasteiger partial charge in [-0.3, -0.25) is 9.36 Å². The summed E-state index contributed by atoms with van der Waals surface area (Å²) in [4.78, 5) is 15.6. The fraction of sp³-hybridized carbons (Fsp3) is 0.0769. The Morgan fingerprint density at radius 2 is 2.20 bits per heavy atom. The van der Waals surface area contributed by atoms with Crippen LogP contribution in [0.15, 0.2) is 38.9 Å². The summed E-state index contributed by atoms with van der Waals surface area (Å²) in [5.74, 6) is 0.648. The molecule has 1 N–H and O–H groups in total. The van der Waals surface area contributed by atoms with Crippen LogP contribution in [0, 0.1) is 4.77 Å². The molecule has 0 radical (unpaired) electrons. The topological polar surface area (TPSA) is 47.0 Å². The minimum absolute atomic E-state index is 0.122. The van der Waals surface area contributed by atoms with E-state index in [0.717, 1.165) is 9.99 Å². The average molecular weight is 369 g/mol. The van der Waals surface area contributed by atoms with E-state index >= 15 is 0 Å². The number of fused-ring (bicyclic) bond motifs is 1. The molecule has 0 atom stereocenters. The summed E-state index contributed by atoms with van der Waals surface area (Å²) in [5.41, 5.74) is 1.32. The Labute approximate surface area is 131 Å². The van der Waals surface area contributed by atoms with Gasteiger partial charge in [-0.1, -0.05) is 0 Å². The van der Waals surface area contributed by atoms with Crippen molar-refractivity contribution in [2.45, 2.75) is 0 Å². The molecule has 0 amide bonds. The van der Waals surface area contributed by atoms with Gasteiger partial charge in [-0.05, 0) is 51.7 Å². The van der Waals surface area contributed by atoms with E-state index in [9.17, 15) is 4.79 Å². The van der Waals surface area contributed by atoms with Crippen molar-refractivity contribution < 1.29 is 4.74 Å². The van der Waals surface area contributed by atoms with Crippen LogP contribution in [-0.2, 0) is 0 Å². The number of H-pyrrole nitrogens is 1. The van der Waals surface area contributed by atoms with Crippen molar-refractivity contribution in [3.8, 4) is 11.4 Å². The second-order valence-electron chi connectivity index (χ2n) is 4.05. The van der Waals surface area contributed by atoms with Crippen molar-refractivity contribution in [2.75, 3.05) is 7.11 Å². The van der Waals surface area contributed by atoms with Crippen LogP contribution in [0.25, 0.3) is 15.9 Å². The molecule has 102 valence electrons. The van der Waals surface area contributed by atoms with Gasteiger partial charge in [0.1, 0.15) is 10.4 Å². The molecule has 7 heteroatoms. The first-order chi connectivity index (χ1) is 9.61. The highest BCUT2D eigenvalue weighted by molar-refractivity contribution is 9.10. The predicted octanol–water partition coefficient (Wildman–Crippen LogP) is 3.88. The lowest BCUT2D eigenvalue weighted by molar-refractivity contribution is 0.412. The van der Waals surface area contributed by atoms with Gasteiger partial charge in [0.2, 0.25) is 0 Å². The van der Waals surface area contributed by atoms with Crippen molar-refractivity contribution in [1.29, 1.82) is 0 Å². The van der Waals surface area contributed by atoms with Gasteiger partial charge in [0, 0.05) is 6.07 Å². The standard InChI is InChI=1S/C13H9BrN2O2S2/c1-18-10-6-7(2-3-8(10)14)16-12(17)11-9(4-5-20-11)15-13(16)19/h2-6H,1H3,(H,15,19). The van der Waals surface area contributed by atoms with Crippen molar-refractivity contribution >= 4 is 49.7 Å². The lowest BCUT2D eigenvalue weighted by atomic mass is 10.3. The highest BCUT2D eigenvalue weighted by Gasteiger charge is 2.10. The fourth-order valence-corrected chi connectivity index (χ4v) is 3.45. The molecule has 1 aromatic carbocycles. The molecule has 0 saturated carbocycles. The van der Waals surface area contributed by atoms with Gasteiger partial charge >= 0.3 is 0 Å². The first-order valence-electron chi connectivity index (χ1n) is 5.68. The summed E-state index contributed by atoms with van der Waals surface area (Å²) in [6, 6.07) is 7.27. The number of hydrogen-bond acceptors (Lipinski definition) is 4. The van der Waals surface area contributed by atoms with Crippen LogP contribution < -0.4 is 10.3 Å². The Bertz CT molecular complexity index is 911.